The molecule has 1 amide bonds. The second-order valence-corrected chi connectivity index (χ2v) is 7.53. The number of aryl methyl sites for hydroxylation is 1. The summed E-state index contributed by atoms with van der Waals surface area (Å²) in [6.07, 6.45) is 4.17. The highest BCUT2D eigenvalue weighted by molar-refractivity contribution is 5.94. The molecule has 158 valence electrons. The first-order valence-corrected chi connectivity index (χ1v) is 10.6. The van der Waals surface area contributed by atoms with Crippen molar-refractivity contribution in [1.29, 1.82) is 0 Å². The topological polar surface area (TPSA) is 84.6 Å². The fourth-order valence-corrected chi connectivity index (χ4v) is 4.18. The van der Waals surface area contributed by atoms with Gasteiger partial charge in [0.05, 0.1) is 18.2 Å². The predicted molar refractivity (Wildman–Crippen MR) is 116 cm³/mol. The van der Waals surface area contributed by atoms with Crippen LogP contribution in [-0.2, 0) is 11.2 Å². The van der Waals surface area contributed by atoms with Crippen LogP contribution in [-0.4, -0.2) is 45.2 Å². The lowest BCUT2D eigenvalue weighted by Crippen LogP contribution is -2.42. The number of benzene rings is 1. The lowest BCUT2D eigenvalue weighted by Gasteiger charge is -2.35. The Balaban J connectivity index is 1.58. The summed E-state index contributed by atoms with van der Waals surface area (Å²) in [6.45, 7) is 8.13. The average molecular weight is 409 g/mol. The number of fused-ring (bicyclic) bond motifs is 1. The van der Waals surface area contributed by atoms with Crippen LogP contribution < -0.4 is 15.0 Å². The van der Waals surface area contributed by atoms with Gasteiger partial charge in [0.25, 0.3) is 5.78 Å². The molecule has 0 spiro atoms. The molecule has 8 nitrogen and oxygen atoms in total. The smallest absolute Gasteiger partial charge is 0.254 e. The van der Waals surface area contributed by atoms with Crippen LogP contribution in [0, 0.1) is 12.8 Å². The summed E-state index contributed by atoms with van der Waals surface area (Å²) >= 11 is 0. The molecule has 1 aromatic carbocycles. The van der Waals surface area contributed by atoms with Crippen LogP contribution in [0.5, 0.6) is 5.75 Å². The number of aromatic nitrogens is 4. The van der Waals surface area contributed by atoms with Crippen molar-refractivity contribution in [3.63, 3.8) is 0 Å². The molecule has 1 N–H and O–H groups in total. The van der Waals surface area contributed by atoms with Crippen molar-refractivity contribution < 1.29 is 9.53 Å². The molecule has 1 aliphatic rings. The maximum atomic E-state index is 13.1. The molecule has 30 heavy (non-hydrogen) atoms. The van der Waals surface area contributed by atoms with Gasteiger partial charge in [-0.3, -0.25) is 4.79 Å². The molecule has 1 fully saturated rings. The van der Waals surface area contributed by atoms with E-state index in [0.29, 0.717) is 30.4 Å². The van der Waals surface area contributed by atoms with Crippen molar-refractivity contribution in [2.45, 2.75) is 40.0 Å². The number of amides is 1. The molecule has 3 aromatic rings. The fourth-order valence-electron chi connectivity index (χ4n) is 4.18. The molecule has 8 heteroatoms. The maximum absolute atomic E-state index is 13.1. The van der Waals surface area contributed by atoms with E-state index >= 15 is 0 Å². The molecule has 3 heterocycles. The van der Waals surface area contributed by atoms with E-state index in [1.54, 1.807) is 4.52 Å². The largest absolute Gasteiger partial charge is 0.492 e. The van der Waals surface area contributed by atoms with Crippen molar-refractivity contribution in [3.8, 4) is 5.75 Å². The molecule has 1 aliphatic heterocycles. The third kappa shape index (κ3) is 3.81. The minimum absolute atomic E-state index is 0.0190. The van der Waals surface area contributed by atoms with Crippen LogP contribution in [0.1, 0.15) is 37.9 Å². The number of rotatable bonds is 6. The number of carbonyl (C=O) groups is 1. The van der Waals surface area contributed by atoms with Crippen molar-refractivity contribution in [2.75, 3.05) is 29.9 Å². The summed E-state index contributed by atoms with van der Waals surface area (Å²) in [5, 5.41) is 7.47. The van der Waals surface area contributed by atoms with Gasteiger partial charge in [0, 0.05) is 24.3 Å². The molecule has 0 aliphatic carbocycles. The molecule has 2 aromatic heterocycles. The highest BCUT2D eigenvalue weighted by Crippen LogP contribution is 2.30. The first-order valence-electron chi connectivity index (χ1n) is 10.6. The molecular weight excluding hydrogens is 380 g/mol. The van der Waals surface area contributed by atoms with Gasteiger partial charge in [-0.15, -0.1) is 0 Å². The average Bonchev–Trinajstić information content (AvgIpc) is 3.22. The Labute approximate surface area is 176 Å². The predicted octanol–water partition coefficient (Wildman–Crippen LogP) is 3.25. The second kappa shape index (κ2) is 8.69. The van der Waals surface area contributed by atoms with E-state index in [1.165, 1.54) is 6.33 Å². The van der Waals surface area contributed by atoms with Gasteiger partial charge >= 0.3 is 0 Å². The van der Waals surface area contributed by atoms with E-state index < -0.39 is 0 Å². The number of carbonyl (C=O) groups excluding carboxylic acids is 1. The molecule has 0 radical (unpaired) electrons. The summed E-state index contributed by atoms with van der Waals surface area (Å²) < 4.78 is 7.45. The summed E-state index contributed by atoms with van der Waals surface area (Å²) in [7, 11) is 0. The zero-order valence-corrected chi connectivity index (χ0v) is 17.8. The summed E-state index contributed by atoms with van der Waals surface area (Å²) in [4.78, 5) is 24.2. The Hall–Kier alpha value is -3.16. The highest BCUT2D eigenvalue weighted by atomic mass is 16.5. The van der Waals surface area contributed by atoms with Gasteiger partial charge < -0.3 is 15.0 Å². The number of nitrogens with one attached hydrogen (secondary N) is 1. The molecule has 1 saturated heterocycles. The van der Waals surface area contributed by atoms with Gasteiger partial charge in [-0.1, -0.05) is 19.1 Å². The monoisotopic (exact) mass is 408 g/mol. The van der Waals surface area contributed by atoms with Crippen LogP contribution >= 0.6 is 0 Å². The number of ether oxygens (including phenoxy) is 1. The van der Waals surface area contributed by atoms with Gasteiger partial charge in [0.1, 0.15) is 17.9 Å². The molecule has 1 atom stereocenters. The highest BCUT2D eigenvalue weighted by Gasteiger charge is 2.29. The van der Waals surface area contributed by atoms with Gasteiger partial charge in [-0.25, -0.2) is 4.98 Å². The Bertz CT molecular complexity index is 1050. The SMILES string of the molecule is CCOc1ccccc1NC(=O)[C@H]1CCCN(c2c(CC)c(C)nc3ncnn23)C1. The Kier molecular flexibility index (Phi) is 5.83. The van der Waals surface area contributed by atoms with Crippen LogP contribution in [0.25, 0.3) is 5.78 Å². The van der Waals surface area contributed by atoms with E-state index in [-0.39, 0.29) is 11.8 Å². The summed E-state index contributed by atoms with van der Waals surface area (Å²) in [6, 6.07) is 7.56. The molecule has 0 unspecified atom stereocenters. The van der Waals surface area contributed by atoms with Gasteiger partial charge in [-0.05, 0) is 45.2 Å². The molecular formula is C22H28N6O2. The third-order valence-corrected chi connectivity index (χ3v) is 5.59. The lowest BCUT2D eigenvalue weighted by molar-refractivity contribution is -0.120. The molecule has 0 saturated carbocycles. The van der Waals surface area contributed by atoms with Crippen molar-refractivity contribution >= 4 is 23.2 Å². The molecule has 4 rings (SSSR count). The lowest BCUT2D eigenvalue weighted by atomic mass is 9.96. The third-order valence-electron chi connectivity index (χ3n) is 5.59. The number of piperidine rings is 1. The molecule has 0 bridgehead atoms. The minimum atomic E-state index is -0.120. The van der Waals surface area contributed by atoms with Crippen molar-refractivity contribution in [2.24, 2.45) is 5.92 Å². The number of hydrogen-bond acceptors (Lipinski definition) is 6. The van der Waals surface area contributed by atoms with E-state index in [1.807, 2.05) is 38.1 Å². The number of para-hydroxylation sites is 2. The van der Waals surface area contributed by atoms with Crippen LogP contribution in [0.15, 0.2) is 30.6 Å². The zero-order valence-electron chi connectivity index (χ0n) is 17.8. The summed E-state index contributed by atoms with van der Waals surface area (Å²) in [5.74, 6) is 2.20. The van der Waals surface area contributed by atoms with Gasteiger partial charge in [-0.2, -0.15) is 14.6 Å². The minimum Gasteiger partial charge on any atom is -0.492 e. The first kappa shape index (κ1) is 20.1. The van der Waals surface area contributed by atoms with Crippen LogP contribution in [0.2, 0.25) is 0 Å². The number of anilines is 2. The number of hydrogen-bond donors (Lipinski definition) is 1. The van der Waals surface area contributed by atoms with Crippen LogP contribution in [0.4, 0.5) is 11.5 Å². The standard InChI is InChI=1S/C22H28N6O2/c1-4-17-15(3)25-22-23-14-24-28(22)21(17)27-12-8-9-16(13-27)20(29)26-18-10-6-7-11-19(18)30-5-2/h6-7,10-11,14,16H,4-5,8-9,12-13H2,1-3H3,(H,26,29)/t16-/m0/s1. The van der Waals surface area contributed by atoms with Gasteiger partial charge in [0.15, 0.2) is 0 Å². The Morgan fingerprint density at radius 1 is 1.30 bits per heavy atom. The second-order valence-electron chi connectivity index (χ2n) is 7.53. The normalized spacial score (nSPS) is 16.6. The van der Waals surface area contributed by atoms with Gasteiger partial charge in [0.2, 0.25) is 5.91 Å². The van der Waals surface area contributed by atoms with E-state index in [9.17, 15) is 4.79 Å². The number of nitrogens with zero attached hydrogens (tertiary/aromatic N) is 5. The maximum Gasteiger partial charge on any atom is 0.254 e. The quantitative estimate of drug-likeness (QED) is 0.674. The zero-order chi connectivity index (χ0) is 21.1. The van der Waals surface area contributed by atoms with Crippen LogP contribution in [0.3, 0.4) is 0 Å². The Morgan fingerprint density at radius 2 is 2.13 bits per heavy atom. The van der Waals surface area contributed by atoms with Crippen molar-refractivity contribution in [1.82, 2.24) is 19.6 Å². The van der Waals surface area contributed by atoms with E-state index in [0.717, 1.165) is 42.9 Å². The Morgan fingerprint density at radius 3 is 2.93 bits per heavy atom. The fraction of sp³-hybridized carbons (Fsp3) is 0.455. The van der Waals surface area contributed by atoms with E-state index in [2.05, 4.69) is 32.2 Å². The van der Waals surface area contributed by atoms with Crippen molar-refractivity contribution in [3.05, 3.63) is 41.9 Å². The van der Waals surface area contributed by atoms with E-state index in [4.69, 9.17) is 4.74 Å². The first-order chi connectivity index (χ1) is 14.6. The summed E-state index contributed by atoms with van der Waals surface area (Å²) in [5.41, 5.74) is 2.83.